The molecular formula is C18H29N3O2. The zero-order chi connectivity index (χ0) is 16.3. The molecule has 1 aromatic rings. The van der Waals surface area contributed by atoms with Crippen molar-refractivity contribution in [1.29, 1.82) is 0 Å². The number of nitrogens with zero attached hydrogens (tertiary/aromatic N) is 2. The molecule has 2 amide bonds. The summed E-state index contributed by atoms with van der Waals surface area (Å²) in [6.45, 7) is 6.07. The average molecular weight is 319 g/mol. The summed E-state index contributed by atoms with van der Waals surface area (Å²) in [6, 6.07) is 10.7. The fraction of sp³-hybridized carbons (Fsp3) is 0.611. The van der Waals surface area contributed by atoms with Gasteiger partial charge in [0.25, 0.3) is 0 Å². The van der Waals surface area contributed by atoms with Gasteiger partial charge in [-0.3, -0.25) is 4.90 Å². The Kier molecular flexibility index (Phi) is 7.90. The summed E-state index contributed by atoms with van der Waals surface area (Å²) in [5, 5.41) is 2.96. The number of rotatable bonds is 8. The Morgan fingerprint density at radius 1 is 1.13 bits per heavy atom. The van der Waals surface area contributed by atoms with Gasteiger partial charge in [0.15, 0.2) is 0 Å². The molecule has 2 rings (SSSR count). The van der Waals surface area contributed by atoms with E-state index in [1.165, 1.54) is 12.0 Å². The molecule has 1 fully saturated rings. The van der Waals surface area contributed by atoms with Gasteiger partial charge in [-0.2, -0.15) is 0 Å². The molecule has 5 heteroatoms. The predicted octanol–water partition coefficient (Wildman–Crippen LogP) is 1.98. The second-order valence-electron chi connectivity index (χ2n) is 6.00. The van der Waals surface area contributed by atoms with Gasteiger partial charge in [0.2, 0.25) is 0 Å². The number of urea groups is 1. The molecule has 128 valence electrons. The molecule has 1 aliphatic heterocycles. The van der Waals surface area contributed by atoms with E-state index in [1.807, 2.05) is 4.90 Å². The number of hydrogen-bond donors (Lipinski definition) is 1. The number of amides is 2. The van der Waals surface area contributed by atoms with E-state index in [4.69, 9.17) is 4.74 Å². The first kappa shape index (κ1) is 17.8. The van der Waals surface area contributed by atoms with E-state index in [1.54, 1.807) is 7.11 Å². The van der Waals surface area contributed by atoms with E-state index in [-0.39, 0.29) is 6.03 Å². The van der Waals surface area contributed by atoms with Gasteiger partial charge in [-0.15, -0.1) is 0 Å². The van der Waals surface area contributed by atoms with Crippen LogP contribution in [0.4, 0.5) is 4.79 Å². The molecule has 1 aliphatic rings. The Morgan fingerprint density at radius 3 is 2.57 bits per heavy atom. The van der Waals surface area contributed by atoms with Crippen LogP contribution in [0.25, 0.3) is 0 Å². The fourth-order valence-electron chi connectivity index (χ4n) is 2.85. The first-order valence-electron chi connectivity index (χ1n) is 8.57. The van der Waals surface area contributed by atoms with Gasteiger partial charge in [0, 0.05) is 46.4 Å². The van der Waals surface area contributed by atoms with Gasteiger partial charge in [0.1, 0.15) is 0 Å². The van der Waals surface area contributed by atoms with E-state index in [0.29, 0.717) is 13.2 Å². The Morgan fingerprint density at radius 2 is 1.87 bits per heavy atom. The fourth-order valence-corrected chi connectivity index (χ4v) is 2.85. The maximum Gasteiger partial charge on any atom is 0.317 e. The van der Waals surface area contributed by atoms with Crippen LogP contribution in [-0.4, -0.2) is 68.8 Å². The molecule has 0 spiro atoms. The molecule has 1 N–H and O–H groups in total. The predicted molar refractivity (Wildman–Crippen MR) is 92.7 cm³/mol. The highest BCUT2D eigenvalue weighted by Gasteiger charge is 2.20. The van der Waals surface area contributed by atoms with Gasteiger partial charge >= 0.3 is 6.03 Å². The first-order valence-corrected chi connectivity index (χ1v) is 8.57. The van der Waals surface area contributed by atoms with Crippen LogP contribution in [0.1, 0.15) is 18.4 Å². The third-order valence-electron chi connectivity index (χ3n) is 4.24. The molecule has 0 bridgehead atoms. The summed E-state index contributed by atoms with van der Waals surface area (Å²) in [6.07, 6.45) is 3.16. The monoisotopic (exact) mass is 319 g/mol. The molecule has 1 saturated heterocycles. The van der Waals surface area contributed by atoms with Crippen LogP contribution in [0, 0.1) is 0 Å². The zero-order valence-electron chi connectivity index (χ0n) is 14.2. The minimum atomic E-state index is 0.0602. The van der Waals surface area contributed by atoms with Crippen LogP contribution < -0.4 is 5.32 Å². The lowest BCUT2D eigenvalue weighted by Crippen LogP contribution is -2.52. The lowest BCUT2D eigenvalue weighted by atomic mass is 10.1. The number of ether oxygens (including phenoxy) is 1. The summed E-state index contributed by atoms with van der Waals surface area (Å²) in [4.78, 5) is 16.4. The highest BCUT2D eigenvalue weighted by atomic mass is 16.5. The summed E-state index contributed by atoms with van der Waals surface area (Å²) in [5.41, 5.74) is 1.40. The largest absolute Gasteiger partial charge is 0.385 e. The van der Waals surface area contributed by atoms with Gasteiger partial charge in [0.05, 0.1) is 0 Å². The SMILES string of the molecule is COCCCNC(=O)N1CCN(CCCc2ccccc2)CC1. The first-order chi connectivity index (χ1) is 11.3. The number of hydrogen-bond acceptors (Lipinski definition) is 3. The molecule has 0 aromatic heterocycles. The molecule has 23 heavy (non-hydrogen) atoms. The van der Waals surface area contributed by atoms with Gasteiger partial charge in [-0.05, 0) is 31.4 Å². The van der Waals surface area contributed by atoms with Gasteiger partial charge in [-0.25, -0.2) is 4.79 Å². The minimum Gasteiger partial charge on any atom is -0.385 e. The van der Waals surface area contributed by atoms with Crippen molar-refractivity contribution < 1.29 is 9.53 Å². The molecule has 0 saturated carbocycles. The molecule has 0 radical (unpaired) electrons. The number of piperazine rings is 1. The molecule has 0 aliphatic carbocycles. The smallest absolute Gasteiger partial charge is 0.317 e. The van der Waals surface area contributed by atoms with E-state index >= 15 is 0 Å². The quantitative estimate of drug-likeness (QED) is 0.745. The molecule has 1 aromatic carbocycles. The lowest BCUT2D eigenvalue weighted by Gasteiger charge is -2.34. The Hall–Kier alpha value is -1.59. The molecule has 0 atom stereocenters. The summed E-state index contributed by atoms with van der Waals surface area (Å²) in [5.74, 6) is 0. The normalized spacial score (nSPS) is 15.6. The van der Waals surface area contributed by atoms with Crippen molar-refractivity contribution in [2.24, 2.45) is 0 Å². The standard InChI is InChI=1S/C18H29N3O2/c1-23-16-6-10-19-18(22)21-14-12-20(13-15-21)11-5-9-17-7-3-2-4-8-17/h2-4,7-8H,5-6,9-16H2,1H3,(H,19,22). The zero-order valence-corrected chi connectivity index (χ0v) is 14.2. The van der Waals surface area contributed by atoms with Crippen molar-refractivity contribution >= 4 is 6.03 Å². The van der Waals surface area contributed by atoms with Crippen LogP contribution >= 0.6 is 0 Å². The van der Waals surface area contributed by atoms with Crippen LogP contribution in [0.3, 0.4) is 0 Å². The molecule has 0 unspecified atom stereocenters. The van der Waals surface area contributed by atoms with Crippen LogP contribution in [0.5, 0.6) is 0 Å². The third-order valence-corrected chi connectivity index (χ3v) is 4.24. The van der Waals surface area contributed by atoms with Crippen molar-refractivity contribution in [2.45, 2.75) is 19.3 Å². The summed E-state index contributed by atoms with van der Waals surface area (Å²) < 4.78 is 4.98. The molecular weight excluding hydrogens is 290 g/mol. The van der Waals surface area contributed by atoms with Crippen LogP contribution in [0.2, 0.25) is 0 Å². The molecule has 1 heterocycles. The summed E-state index contributed by atoms with van der Waals surface area (Å²) in [7, 11) is 1.68. The lowest BCUT2D eigenvalue weighted by molar-refractivity contribution is 0.137. The van der Waals surface area contributed by atoms with Crippen molar-refractivity contribution in [3.8, 4) is 0 Å². The van der Waals surface area contributed by atoms with Crippen molar-refractivity contribution in [3.63, 3.8) is 0 Å². The maximum atomic E-state index is 12.0. The van der Waals surface area contributed by atoms with Gasteiger partial charge in [-0.1, -0.05) is 30.3 Å². The number of carbonyl (C=O) groups is 1. The van der Waals surface area contributed by atoms with E-state index in [2.05, 4.69) is 40.5 Å². The highest BCUT2D eigenvalue weighted by molar-refractivity contribution is 5.74. The van der Waals surface area contributed by atoms with Crippen molar-refractivity contribution in [3.05, 3.63) is 35.9 Å². The minimum absolute atomic E-state index is 0.0602. The number of carbonyl (C=O) groups excluding carboxylic acids is 1. The topological polar surface area (TPSA) is 44.8 Å². The third kappa shape index (κ3) is 6.59. The number of aryl methyl sites for hydroxylation is 1. The highest BCUT2D eigenvalue weighted by Crippen LogP contribution is 2.06. The van der Waals surface area contributed by atoms with E-state index in [9.17, 15) is 4.79 Å². The Balaban J connectivity index is 1.57. The van der Waals surface area contributed by atoms with Gasteiger partial charge < -0.3 is 15.0 Å². The Bertz CT molecular complexity index is 445. The number of methoxy groups -OCH3 is 1. The van der Waals surface area contributed by atoms with Crippen LogP contribution in [-0.2, 0) is 11.2 Å². The van der Waals surface area contributed by atoms with Crippen molar-refractivity contribution in [2.75, 3.05) is 53.0 Å². The van der Waals surface area contributed by atoms with Crippen molar-refractivity contribution in [1.82, 2.24) is 15.1 Å². The van der Waals surface area contributed by atoms with Crippen LogP contribution in [0.15, 0.2) is 30.3 Å². The summed E-state index contributed by atoms with van der Waals surface area (Å²) >= 11 is 0. The van der Waals surface area contributed by atoms with E-state index in [0.717, 1.165) is 45.6 Å². The second-order valence-corrected chi connectivity index (χ2v) is 6.00. The van der Waals surface area contributed by atoms with E-state index < -0.39 is 0 Å². The number of nitrogens with one attached hydrogen (secondary N) is 1. The number of benzene rings is 1. The average Bonchev–Trinajstić information content (AvgIpc) is 2.60. The Labute approximate surface area is 139 Å². The second kappa shape index (κ2) is 10.2. The maximum absolute atomic E-state index is 12.0. The molecule has 5 nitrogen and oxygen atoms in total.